The molecule has 4 heterocycles. The maximum atomic E-state index is 14.3. The molecule has 1 aromatic heterocycles. The van der Waals surface area contributed by atoms with Crippen LogP contribution in [0.15, 0.2) is 23.1 Å². The van der Waals surface area contributed by atoms with Crippen molar-refractivity contribution < 1.29 is 37.0 Å². The number of halogens is 4. The van der Waals surface area contributed by atoms with Crippen LogP contribution in [-0.4, -0.2) is 118 Å². The van der Waals surface area contributed by atoms with Crippen LogP contribution in [-0.2, 0) is 35.2 Å². The number of aromatic nitrogens is 2. The Morgan fingerprint density at radius 2 is 1.79 bits per heavy atom. The monoisotopic (exact) mass is 752 g/mol. The molecule has 1 atom stereocenters. The number of hydrogen-bond acceptors (Lipinski definition) is 8. The van der Waals surface area contributed by atoms with Gasteiger partial charge < -0.3 is 29.9 Å². The van der Waals surface area contributed by atoms with Gasteiger partial charge in [0.15, 0.2) is 0 Å². The summed E-state index contributed by atoms with van der Waals surface area (Å²) < 4.78 is 63.5. The smallest absolute Gasteiger partial charge is 0.417 e. The van der Waals surface area contributed by atoms with Gasteiger partial charge in [0.25, 0.3) is 0 Å². The number of alkyl carbamates (subject to hydrolysis) is 1. The minimum absolute atomic E-state index is 0.0867. The lowest BCUT2D eigenvalue weighted by atomic mass is 9.99. The van der Waals surface area contributed by atoms with Crippen LogP contribution >= 0.6 is 11.8 Å². The van der Waals surface area contributed by atoms with E-state index < -0.39 is 35.6 Å². The molecule has 10 nitrogen and oxygen atoms in total. The summed E-state index contributed by atoms with van der Waals surface area (Å²) in [6.45, 7) is 8.94. The minimum Gasteiger partial charge on any atom is -0.449 e. The first-order valence-corrected chi connectivity index (χ1v) is 19.7. The number of thioether (sulfide) groups is 1. The Morgan fingerprint density at radius 3 is 2.46 bits per heavy atom. The number of aliphatic hydroxyl groups is 1. The van der Waals surface area contributed by atoms with E-state index in [1.165, 1.54) is 18.6 Å². The van der Waals surface area contributed by atoms with E-state index in [-0.39, 0.29) is 36.4 Å². The van der Waals surface area contributed by atoms with Gasteiger partial charge in [-0.05, 0) is 69.7 Å². The molecule has 15 heteroatoms. The average Bonchev–Trinajstić information content (AvgIpc) is 3.81. The van der Waals surface area contributed by atoms with E-state index in [0.29, 0.717) is 81.8 Å². The Morgan fingerprint density at radius 1 is 1.06 bits per heavy atom. The predicted octanol–water partition coefficient (Wildman–Crippen LogP) is 5.74. The number of carbonyl (C=O) groups excluding carboxylic acids is 2. The maximum Gasteiger partial charge on any atom is 0.417 e. The van der Waals surface area contributed by atoms with E-state index in [0.717, 1.165) is 55.0 Å². The van der Waals surface area contributed by atoms with Crippen molar-refractivity contribution in [2.75, 3.05) is 58.2 Å². The summed E-state index contributed by atoms with van der Waals surface area (Å²) in [4.78, 5) is 32.6. The molecular formula is C37H52F4N6O4S. The number of alkyl halides is 4. The number of piperidine rings is 2. The van der Waals surface area contributed by atoms with E-state index in [1.54, 1.807) is 9.58 Å². The van der Waals surface area contributed by atoms with Gasteiger partial charge in [0.1, 0.15) is 11.7 Å². The molecule has 2 amide bonds. The highest BCUT2D eigenvalue weighted by Crippen LogP contribution is 2.42. The standard InChI is InChI=1S/C37H52F4N6O4S/c1-25(2)24-51-35(50)42-36(11-12-36)34(49)46-17-10-31-29(23-46)33(43-47(31)22-28(48)21-45-13-4-3-5-14-45)26-6-7-30(37(39,40)41)32(20-26)52-19-18-44-15-8-27(38)9-16-44/h6-7,20,25,27-28,48H,3-5,8-19,21-24H2,1-2H3,(H,42,50). The number of amides is 2. The first kappa shape index (κ1) is 38.8. The maximum absolute atomic E-state index is 14.3. The SMILES string of the molecule is CC(C)COC(=O)NC1(C(=O)N2CCc3c(c(-c4ccc(C(F)(F)F)c(SCCN5CCC(F)CC5)c4)nn3CC(O)CN3CCCCC3)C2)CC1. The number of nitrogens with one attached hydrogen (secondary N) is 1. The van der Waals surface area contributed by atoms with Crippen molar-refractivity contribution in [3.05, 3.63) is 35.0 Å². The first-order chi connectivity index (χ1) is 24.8. The van der Waals surface area contributed by atoms with E-state index in [4.69, 9.17) is 9.84 Å². The molecule has 52 heavy (non-hydrogen) atoms. The molecule has 288 valence electrons. The highest BCUT2D eigenvalue weighted by atomic mass is 32.2. The van der Waals surface area contributed by atoms with Crippen molar-refractivity contribution in [2.24, 2.45) is 5.92 Å². The molecule has 4 aliphatic rings. The first-order valence-electron chi connectivity index (χ1n) is 18.8. The molecule has 2 saturated heterocycles. The van der Waals surface area contributed by atoms with Gasteiger partial charge in [0.05, 0.1) is 30.5 Å². The number of benzene rings is 1. The molecule has 0 radical (unpaired) electrons. The van der Waals surface area contributed by atoms with E-state index in [2.05, 4.69) is 15.1 Å². The number of rotatable bonds is 13. The third kappa shape index (κ3) is 9.61. The van der Waals surface area contributed by atoms with Crippen molar-refractivity contribution in [1.82, 2.24) is 29.8 Å². The van der Waals surface area contributed by atoms with Gasteiger partial charge in [0, 0.05) is 73.2 Å². The fraction of sp³-hybridized carbons (Fsp3) is 0.703. The summed E-state index contributed by atoms with van der Waals surface area (Å²) in [5, 5.41) is 18.9. The van der Waals surface area contributed by atoms with Crippen LogP contribution in [0.5, 0.6) is 0 Å². The minimum atomic E-state index is -4.56. The van der Waals surface area contributed by atoms with Gasteiger partial charge in [-0.2, -0.15) is 18.3 Å². The topological polar surface area (TPSA) is 103 Å². The van der Waals surface area contributed by atoms with Crippen molar-refractivity contribution in [2.45, 2.75) is 107 Å². The lowest BCUT2D eigenvalue weighted by Gasteiger charge is -2.32. The Hall–Kier alpha value is -2.88. The summed E-state index contributed by atoms with van der Waals surface area (Å²) in [5.74, 6) is 0.342. The van der Waals surface area contributed by atoms with Crippen LogP contribution in [0.2, 0.25) is 0 Å². The van der Waals surface area contributed by atoms with Gasteiger partial charge in [-0.3, -0.25) is 9.48 Å². The quantitative estimate of drug-likeness (QED) is 0.198. The summed E-state index contributed by atoms with van der Waals surface area (Å²) >= 11 is 1.13. The van der Waals surface area contributed by atoms with Crippen LogP contribution in [0, 0.1) is 5.92 Å². The van der Waals surface area contributed by atoms with E-state index in [9.17, 15) is 32.3 Å². The Labute approximate surface area is 307 Å². The summed E-state index contributed by atoms with van der Waals surface area (Å²) in [6, 6.07) is 4.07. The van der Waals surface area contributed by atoms with Gasteiger partial charge in [-0.25, -0.2) is 9.18 Å². The average molecular weight is 753 g/mol. The number of hydrogen-bond donors (Lipinski definition) is 2. The number of nitrogens with zero attached hydrogens (tertiary/aromatic N) is 5. The number of aliphatic hydroxyl groups excluding tert-OH is 1. The Kier molecular flexibility index (Phi) is 12.4. The summed E-state index contributed by atoms with van der Waals surface area (Å²) in [5.41, 5.74) is 0.790. The lowest BCUT2D eigenvalue weighted by Crippen LogP contribution is -2.52. The van der Waals surface area contributed by atoms with Gasteiger partial charge in [-0.1, -0.05) is 26.3 Å². The zero-order chi connectivity index (χ0) is 37.0. The number of ether oxygens (including phenoxy) is 1. The molecule has 0 spiro atoms. The molecule has 2 N–H and O–H groups in total. The summed E-state index contributed by atoms with van der Waals surface area (Å²) in [6.07, 6.45) is -1.05. The molecule has 3 fully saturated rings. The molecule has 1 aliphatic carbocycles. The normalized spacial score (nSPS) is 20.5. The van der Waals surface area contributed by atoms with E-state index in [1.807, 2.05) is 13.8 Å². The highest BCUT2D eigenvalue weighted by molar-refractivity contribution is 7.99. The second-order valence-corrected chi connectivity index (χ2v) is 16.4. The largest absolute Gasteiger partial charge is 0.449 e. The van der Waals surface area contributed by atoms with Crippen molar-refractivity contribution in [3.8, 4) is 11.3 Å². The number of carbonyl (C=O) groups is 2. The second kappa shape index (κ2) is 16.6. The molecular weight excluding hydrogens is 701 g/mol. The molecule has 6 rings (SSSR count). The highest BCUT2D eigenvalue weighted by Gasteiger charge is 2.54. The Bertz CT molecular complexity index is 1550. The van der Waals surface area contributed by atoms with Crippen molar-refractivity contribution >= 4 is 23.8 Å². The van der Waals surface area contributed by atoms with Crippen LogP contribution in [0.25, 0.3) is 11.3 Å². The van der Waals surface area contributed by atoms with E-state index >= 15 is 0 Å². The molecule has 1 saturated carbocycles. The molecule has 1 aromatic carbocycles. The summed E-state index contributed by atoms with van der Waals surface area (Å²) in [7, 11) is 0. The van der Waals surface area contributed by atoms with Crippen LogP contribution < -0.4 is 5.32 Å². The fourth-order valence-electron chi connectivity index (χ4n) is 7.47. The third-order valence-electron chi connectivity index (χ3n) is 10.5. The molecule has 1 unspecified atom stereocenters. The van der Waals surface area contributed by atoms with Crippen molar-refractivity contribution in [3.63, 3.8) is 0 Å². The lowest BCUT2D eigenvalue weighted by molar-refractivity contribution is -0.139. The third-order valence-corrected chi connectivity index (χ3v) is 11.5. The van der Waals surface area contributed by atoms with Gasteiger partial charge in [-0.15, -0.1) is 11.8 Å². The van der Waals surface area contributed by atoms with Crippen LogP contribution in [0.4, 0.5) is 22.4 Å². The van der Waals surface area contributed by atoms with Gasteiger partial charge in [0.2, 0.25) is 5.91 Å². The number of likely N-dealkylation sites (tertiary alicyclic amines) is 2. The number of fused-ring (bicyclic) bond motifs is 1. The zero-order valence-electron chi connectivity index (χ0n) is 30.2. The second-order valence-electron chi connectivity index (χ2n) is 15.2. The van der Waals surface area contributed by atoms with Crippen LogP contribution in [0.3, 0.4) is 0 Å². The number of β-amino-alcohol motifs (C(OH)–C–C–N with tert-alkyl or cyclic N) is 1. The Balaban J connectivity index is 1.26. The van der Waals surface area contributed by atoms with Crippen LogP contribution in [0.1, 0.15) is 75.6 Å². The molecule has 0 bridgehead atoms. The zero-order valence-corrected chi connectivity index (χ0v) is 31.0. The van der Waals surface area contributed by atoms with Crippen molar-refractivity contribution in [1.29, 1.82) is 0 Å². The predicted molar refractivity (Wildman–Crippen MR) is 191 cm³/mol. The van der Waals surface area contributed by atoms with Gasteiger partial charge >= 0.3 is 12.3 Å². The molecule has 2 aromatic rings. The fourth-order valence-corrected chi connectivity index (χ4v) is 8.59. The molecule has 3 aliphatic heterocycles.